The highest BCUT2D eigenvalue weighted by atomic mass is 16.5. The Hall–Kier alpha value is -0.0800. The van der Waals surface area contributed by atoms with Gasteiger partial charge in [0.25, 0.3) is 0 Å². The van der Waals surface area contributed by atoms with Crippen molar-refractivity contribution in [2.45, 2.75) is 38.7 Å². The number of hydrogen-bond donors (Lipinski definition) is 1. The van der Waals surface area contributed by atoms with Crippen molar-refractivity contribution in [1.82, 2.24) is 0 Å². The van der Waals surface area contributed by atoms with Crippen molar-refractivity contribution < 1.29 is 4.74 Å². The third-order valence-electron chi connectivity index (χ3n) is 2.48. The Morgan fingerprint density at radius 3 is 2.73 bits per heavy atom. The molecule has 0 heterocycles. The van der Waals surface area contributed by atoms with E-state index in [0.717, 1.165) is 12.5 Å². The molecule has 1 aliphatic carbocycles. The lowest BCUT2D eigenvalue weighted by Crippen LogP contribution is -2.27. The normalized spacial score (nSPS) is 32.2. The third-order valence-corrected chi connectivity index (χ3v) is 2.48. The van der Waals surface area contributed by atoms with Gasteiger partial charge in [-0.3, -0.25) is 0 Å². The van der Waals surface area contributed by atoms with Gasteiger partial charge in [0.2, 0.25) is 0 Å². The van der Waals surface area contributed by atoms with Crippen molar-refractivity contribution in [2.75, 3.05) is 13.2 Å². The fourth-order valence-corrected chi connectivity index (χ4v) is 1.75. The van der Waals surface area contributed by atoms with E-state index in [2.05, 4.69) is 6.92 Å². The first kappa shape index (κ1) is 9.01. The second-order valence-electron chi connectivity index (χ2n) is 3.46. The zero-order valence-corrected chi connectivity index (χ0v) is 7.38. The molecule has 0 aromatic rings. The van der Waals surface area contributed by atoms with Gasteiger partial charge in [-0.05, 0) is 18.8 Å². The highest BCUT2D eigenvalue weighted by Crippen LogP contribution is 2.25. The largest absolute Gasteiger partial charge is 0.377 e. The van der Waals surface area contributed by atoms with Crippen LogP contribution in [-0.2, 0) is 4.74 Å². The highest BCUT2D eigenvalue weighted by Gasteiger charge is 2.20. The molecule has 66 valence electrons. The number of ether oxygens (including phenoxy) is 1. The maximum absolute atomic E-state index is 5.62. The van der Waals surface area contributed by atoms with E-state index in [1.807, 2.05) is 0 Å². The summed E-state index contributed by atoms with van der Waals surface area (Å²) in [6.07, 6.45) is 5.77. The first-order chi connectivity index (χ1) is 5.34. The molecule has 0 aromatic heterocycles. The molecule has 0 bridgehead atoms. The van der Waals surface area contributed by atoms with Gasteiger partial charge in [0, 0.05) is 6.54 Å². The van der Waals surface area contributed by atoms with E-state index in [9.17, 15) is 0 Å². The Labute approximate surface area is 69.1 Å². The maximum atomic E-state index is 5.62. The van der Waals surface area contributed by atoms with Crippen molar-refractivity contribution in [3.05, 3.63) is 0 Å². The van der Waals surface area contributed by atoms with E-state index in [4.69, 9.17) is 10.5 Å². The summed E-state index contributed by atoms with van der Waals surface area (Å²) in [7, 11) is 0. The summed E-state index contributed by atoms with van der Waals surface area (Å²) < 4.78 is 5.62. The van der Waals surface area contributed by atoms with Crippen LogP contribution in [0.15, 0.2) is 0 Å². The van der Waals surface area contributed by atoms with Gasteiger partial charge in [-0.15, -0.1) is 0 Å². The van der Waals surface area contributed by atoms with Crippen LogP contribution in [-0.4, -0.2) is 19.3 Å². The van der Waals surface area contributed by atoms with E-state index < -0.39 is 0 Å². The van der Waals surface area contributed by atoms with E-state index in [1.165, 1.54) is 25.7 Å². The Bertz CT molecular complexity index is 106. The predicted octanol–water partition coefficient (Wildman–Crippen LogP) is 1.54. The smallest absolute Gasteiger partial charge is 0.0601 e. The zero-order chi connectivity index (χ0) is 8.10. The molecule has 2 nitrogen and oxygen atoms in total. The SMILES string of the molecule is C[C@@H]1CCCC[C@H]1OCCN. The molecular formula is C9H19NO. The minimum absolute atomic E-state index is 0.493. The lowest BCUT2D eigenvalue weighted by Gasteiger charge is -2.28. The molecule has 0 spiro atoms. The quantitative estimate of drug-likeness (QED) is 0.674. The summed E-state index contributed by atoms with van der Waals surface area (Å²) in [5, 5.41) is 0. The van der Waals surface area contributed by atoms with Gasteiger partial charge in [0.1, 0.15) is 0 Å². The summed E-state index contributed by atoms with van der Waals surface area (Å²) in [6, 6.07) is 0. The summed E-state index contributed by atoms with van der Waals surface area (Å²) in [6.45, 7) is 3.67. The molecule has 2 N–H and O–H groups in total. The van der Waals surface area contributed by atoms with E-state index >= 15 is 0 Å². The lowest BCUT2D eigenvalue weighted by atomic mass is 9.88. The van der Waals surface area contributed by atoms with E-state index in [0.29, 0.717) is 12.6 Å². The predicted molar refractivity (Wildman–Crippen MR) is 46.4 cm³/mol. The van der Waals surface area contributed by atoms with Crippen LogP contribution in [0.1, 0.15) is 32.6 Å². The number of hydrogen-bond acceptors (Lipinski definition) is 2. The molecule has 1 aliphatic rings. The van der Waals surface area contributed by atoms with Crippen molar-refractivity contribution in [1.29, 1.82) is 0 Å². The van der Waals surface area contributed by atoms with E-state index in [-0.39, 0.29) is 0 Å². The van der Waals surface area contributed by atoms with Gasteiger partial charge in [0.05, 0.1) is 12.7 Å². The monoisotopic (exact) mass is 157 g/mol. The minimum atomic E-state index is 0.493. The summed E-state index contributed by atoms with van der Waals surface area (Å²) in [4.78, 5) is 0. The standard InChI is InChI=1S/C9H19NO/c1-8-4-2-3-5-9(8)11-7-6-10/h8-9H,2-7,10H2,1H3/t8-,9-/m1/s1. The van der Waals surface area contributed by atoms with Crippen LogP contribution in [0.4, 0.5) is 0 Å². The molecule has 0 aromatic carbocycles. The molecule has 0 unspecified atom stereocenters. The number of nitrogens with two attached hydrogens (primary N) is 1. The second-order valence-corrected chi connectivity index (χ2v) is 3.46. The topological polar surface area (TPSA) is 35.2 Å². The lowest BCUT2D eigenvalue weighted by molar-refractivity contribution is -0.000781. The van der Waals surface area contributed by atoms with Gasteiger partial charge in [0.15, 0.2) is 0 Å². The van der Waals surface area contributed by atoms with Crippen LogP contribution >= 0.6 is 0 Å². The Morgan fingerprint density at radius 2 is 2.09 bits per heavy atom. The molecule has 1 saturated carbocycles. The molecule has 2 atom stereocenters. The molecule has 1 fully saturated rings. The third kappa shape index (κ3) is 2.80. The molecule has 1 rings (SSSR count). The molecular weight excluding hydrogens is 138 g/mol. The highest BCUT2D eigenvalue weighted by molar-refractivity contribution is 4.72. The Morgan fingerprint density at radius 1 is 1.36 bits per heavy atom. The van der Waals surface area contributed by atoms with Crippen LogP contribution in [0.25, 0.3) is 0 Å². The molecule has 0 amide bonds. The van der Waals surface area contributed by atoms with Gasteiger partial charge in [-0.1, -0.05) is 19.8 Å². The fraction of sp³-hybridized carbons (Fsp3) is 1.00. The summed E-state index contributed by atoms with van der Waals surface area (Å²) in [5.74, 6) is 0.746. The van der Waals surface area contributed by atoms with Crippen LogP contribution in [0, 0.1) is 5.92 Å². The van der Waals surface area contributed by atoms with E-state index in [1.54, 1.807) is 0 Å². The first-order valence-corrected chi connectivity index (χ1v) is 4.66. The van der Waals surface area contributed by atoms with Gasteiger partial charge in [-0.2, -0.15) is 0 Å². The van der Waals surface area contributed by atoms with Crippen LogP contribution in [0.3, 0.4) is 0 Å². The van der Waals surface area contributed by atoms with Gasteiger partial charge >= 0.3 is 0 Å². The summed E-state index contributed by atoms with van der Waals surface area (Å²) >= 11 is 0. The average molecular weight is 157 g/mol. The van der Waals surface area contributed by atoms with Crippen molar-refractivity contribution in [2.24, 2.45) is 11.7 Å². The summed E-state index contributed by atoms with van der Waals surface area (Å²) in [5.41, 5.74) is 5.37. The van der Waals surface area contributed by atoms with Gasteiger partial charge < -0.3 is 10.5 Å². The Balaban J connectivity index is 2.18. The van der Waals surface area contributed by atoms with Crippen molar-refractivity contribution >= 4 is 0 Å². The molecule has 0 aliphatic heterocycles. The second kappa shape index (κ2) is 4.73. The van der Waals surface area contributed by atoms with Crippen LogP contribution in [0.2, 0.25) is 0 Å². The fourth-order valence-electron chi connectivity index (χ4n) is 1.75. The average Bonchev–Trinajstić information content (AvgIpc) is 2.03. The number of rotatable bonds is 3. The Kier molecular flexibility index (Phi) is 3.87. The first-order valence-electron chi connectivity index (χ1n) is 4.66. The van der Waals surface area contributed by atoms with Crippen LogP contribution < -0.4 is 5.73 Å². The van der Waals surface area contributed by atoms with Crippen molar-refractivity contribution in [3.63, 3.8) is 0 Å². The minimum Gasteiger partial charge on any atom is -0.377 e. The van der Waals surface area contributed by atoms with Crippen LogP contribution in [0.5, 0.6) is 0 Å². The molecule has 0 saturated heterocycles. The molecule has 11 heavy (non-hydrogen) atoms. The molecule has 0 radical (unpaired) electrons. The van der Waals surface area contributed by atoms with Crippen molar-refractivity contribution in [3.8, 4) is 0 Å². The zero-order valence-electron chi connectivity index (χ0n) is 7.38. The maximum Gasteiger partial charge on any atom is 0.0601 e. The molecule has 2 heteroatoms. The van der Waals surface area contributed by atoms with Gasteiger partial charge in [-0.25, -0.2) is 0 Å².